The number of nitrogens with one attached hydrogen (secondary N) is 1. The summed E-state index contributed by atoms with van der Waals surface area (Å²) < 4.78 is 0. The zero-order chi connectivity index (χ0) is 18.6. The highest BCUT2D eigenvalue weighted by molar-refractivity contribution is 5.84. The first kappa shape index (κ1) is 16.7. The Bertz CT molecular complexity index is 1040. The Morgan fingerprint density at radius 1 is 0.519 bits per heavy atom. The summed E-state index contributed by atoms with van der Waals surface area (Å²) in [5, 5.41) is 3.49. The molecule has 0 bridgehead atoms. The number of benzene rings is 4. The fraction of sp³-hybridized carbons (Fsp3) is 0. The summed E-state index contributed by atoms with van der Waals surface area (Å²) in [5.41, 5.74) is 19.8. The van der Waals surface area contributed by atoms with Crippen LogP contribution in [0.2, 0.25) is 0 Å². The van der Waals surface area contributed by atoms with Gasteiger partial charge in [0.05, 0.1) is 0 Å². The normalized spacial score (nSPS) is 10.5. The zero-order valence-electron chi connectivity index (χ0n) is 14.9. The summed E-state index contributed by atoms with van der Waals surface area (Å²) in [6.45, 7) is 0. The van der Waals surface area contributed by atoms with E-state index in [2.05, 4.69) is 41.7 Å². The Hall–Kier alpha value is -3.72. The predicted octanol–water partition coefficient (Wildman–Crippen LogP) is 5.93. The van der Waals surface area contributed by atoms with Gasteiger partial charge in [0.2, 0.25) is 0 Å². The summed E-state index contributed by atoms with van der Waals surface area (Å²) in [4.78, 5) is 0. The SMILES string of the molecule is Nc1ccc(-c2ccc(N)cc2Nc2ccc(-c3ccccc3)cc2)cc1. The summed E-state index contributed by atoms with van der Waals surface area (Å²) in [6, 6.07) is 32.5. The maximum absolute atomic E-state index is 6.02. The lowest BCUT2D eigenvalue weighted by Crippen LogP contribution is -1.96. The summed E-state index contributed by atoms with van der Waals surface area (Å²) >= 11 is 0. The Labute approximate surface area is 159 Å². The maximum Gasteiger partial charge on any atom is 0.0484 e. The van der Waals surface area contributed by atoms with Crippen LogP contribution in [0.15, 0.2) is 97.1 Å². The molecule has 0 atom stereocenters. The highest BCUT2D eigenvalue weighted by atomic mass is 14.9. The largest absolute Gasteiger partial charge is 0.399 e. The maximum atomic E-state index is 6.02. The minimum atomic E-state index is 0.720. The van der Waals surface area contributed by atoms with Gasteiger partial charge in [-0.25, -0.2) is 0 Å². The van der Waals surface area contributed by atoms with Crippen molar-refractivity contribution in [1.82, 2.24) is 0 Å². The van der Waals surface area contributed by atoms with Gasteiger partial charge < -0.3 is 16.8 Å². The van der Waals surface area contributed by atoms with Crippen LogP contribution in [0, 0.1) is 0 Å². The first-order chi connectivity index (χ1) is 13.2. The van der Waals surface area contributed by atoms with Gasteiger partial charge in [-0.1, -0.05) is 60.7 Å². The van der Waals surface area contributed by atoms with Crippen molar-refractivity contribution in [1.29, 1.82) is 0 Å². The molecule has 5 N–H and O–H groups in total. The molecule has 4 rings (SSSR count). The van der Waals surface area contributed by atoms with Gasteiger partial charge in [0, 0.05) is 28.3 Å². The van der Waals surface area contributed by atoms with Crippen molar-refractivity contribution < 1.29 is 0 Å². The quantitative estimate of drug-likeness (QED) is 0.399. The first-order valence-corrected chi connectivity index (χ1v) is 8.87. The van der Waals surface area contributed by atoms with Crippen molar-refractivity contribution >= 4 is 22.7 Å². The molecular weight excluding hydrogens is 330 g/mol. The van der Waals surface area contributed by atoms with Crippen molar-refractivity contribution in [2.75, 3.05) is 16.8 Å². The van der Waals surface area contributed by atoms with Gasteiger partial charge in [-0.15, -0.1) is 0 Å². The highest BCUT2D eigenvalue weighted by Gasteiger charge is 2.07. The molecule has 0 saturated carbocycles. The second kappa shape index (κ2) is 7.26. The van der Waals surface area contributed by atoms with E-state index in [1.165, 1.54) is 11.1 Å². The van der Waals surface area contributed by atoms with Crippen molar-refractivity contribution in [2.45, 2.75) is 0 Å². The van der Waals surface area contributed by atoms with E-state index in [1.54, 1.807) is 0 Å². The average molecular weight is 351 g/mol. The van der Waals surface area contributed by atoms with Crippen LogP contribution in [0.4, 0.5) is 22.7 Å². The van der Waals surface area contributed by atoms with Crippen molar-refractivity contribution in [2.24, 2.45) is 0 Å². The number of anilines is 4. The van der Waals surface area contributed by atoms with E-state index in [0.717, 1.165) is 33.9 Å². The summed E-state index contributed by atoms with van der Waals surface area (Å²) in [7, 11) is 0. The van der Waals surface area contributed by atoms with Gasteiger partial charge in [0.1, 0.15) is 0 Å². The van der Waals surface area contributed by atoms with Crippen LogP contribution in [-0.4, -0.2) is 0 Å². The summed E-state index contributed by atoms with van der Waals surface area (Å²) in [6.07, 6.45) is 0. The molecule has 0 unspecified atom stereocenters. The molecule has 4 aromatic carbocycles. The predicted molar refractivity (Wildman–Crippen MR) is 116 cm³/mol. The number of nitrogen functional groups attached to an aromatic ring is 2. The minimum Gasteiger partial charge on any atom is -0.399 e. The highest BCUT2D eigenvalue weighted by Crippen LogP contribution is 2.33. The molecule has 0 aliphatic heterocycles. The van der Waals surface area contributed by atoms with Gasteiger partial charge >= 0.3 is 0 Å². The lowest BCUT2D eigenvalue weighted by molar-refractivity contribution is 1.52. The second-order valence-corrected chi connectivity index (χ2v) is 6.50. The molecule has 0 aliphatic carbocycles. The van der Waals surface area contributed by atoms with Crippen molar-refractivity contribution in [3.05, 3.63) is 97.1 Å². The molecule has 4 aromatic rings. The third-order valence-corrected chi connectivity index (χ3v) is 4.54. The molecule has 0 spiro atoms. The number of hydrogen-bond acceptors (Lipinski definition) is 3. The lowest BCUT2D eigenvalue weighted by Gasteiger charge is -2.14. The molecule has 27 heavy (non-hydrogen) atoms. The zero-order valence-corrected chi connectivity index (χ0v) is 14.9. The molecule has 0 heterocycles. The van der Waals surface area contributed by atoms with Crippen LogP contribution in [0.1, 0.15) is 0 Å². The van der Waals surface area contributed by atoms with E-state index in [-0.39, 0.29) is 0 Å². The topological polar surface area (TPSA) is 64.1 Å². The van der Waals surface area contributed by atoms with Crippen molar-refractivity contribution in [3.63, 3.8) is 0 Å². The Balaban J connectivity index is 1.64. The molecule has 0 amide bonds. The van der Waals surface area contributed by atoms with E-state index in [9.17, 15) is 0 Å². The number of rotatable bonds is 4. The van der Waals surface area contributed by atoms with Gasteiger partial charge in [0.15, 0.2) is 0 Å². The molecule has 0 aliphatic rings. The smallest absolute Gasteiger partial charge is 0.0484 e. The van der Waals surface area contributed by atoms with Crippen LogP contribution in [-0.2, 0) is 0 Å². The molecule has 0 aromatic heterocycles. The van der Waals surface area contributed by atoms with Crippen molar-refractivity contribution in [3.8, 4) is 22.3 Å². The van der Waals surface area contributed by atoms with Crippen LogP contribution in [0.5, 0.6) is 0 Å². The molecular formula is C24H21N3. The average Bonchev–Trinajstić information content (AvgIpc) is 2.70. The molecule has 132 valence electrons. The van der Waals surface area contributed by atoms with Crippen LogP contribution in [0.25, 0.3) is 22.3 Å². The second-order valence-electron chi connectivity index (χ2n) is 6.50. The number of nitrogens with two attached hydrogens (primary N) is 2. The minimum absolute atomic E-state index is 0.720. The van der Waals surface area contributed by atoms with Crippen LogP contribution in [0.3, 0.4) is 0 Å². The molecule has 0 radical (unpaired) electrons. The van der Waals surface area contributed by atoms with Gasteiger partial charge in [-0.3, -0.25) is 0 Å². The Morgan fingerprint density at radius 3 is 1.81 bits per heavy atom. The molecule has 3 nitrogen and oxygen atoms in total. The van der Waals surface area contributed by atoms with Gasteiger partial charge in [-0.05, 0) is 53.1 Å². The van der Waals surface area contributed by atoms with Crippen LogP contribution >= 0.6 is 0 Å². The van der Waals surface area contributed by atoms with E-state index < -0.39 is 0 Å². The fourth-order valence-electron chi connectivity index (χ4n) is 3.11. The third kappa shape index (κ3) is 3.77. The summed E-state index contributed by atoms with van der Waals surface area (Å²) in [5.74, 6) is 0. The van der Waals surface area contributed by atoms with Gasteiger partial charge in [0.25, 0.3) is 0 Å². The van der Waals surface area contributed by atoms with E-state index in [1.807, 2.05) is 60.7 Å². The van der Waals surface area contributed by atoms with Gasteiger partial charge in [-0.2, -0.15) is 0 Å². The monoisotopic (exact) mass is 351 g/mol. The van der Waals surface area contributed by atoms with Crippen LogP contribution < -0.4 is 16.8 Å². The lowest BCUT2D eigenvalue weighted by atomic mass is 10.0. The molecule has 3 heteroatoms. The first-order valence-electron chi connectivity index (χ1n) is 8.87. The van der Waals surface area contributed by atoms with E-state index in [4.69, 9.17) is 11.5 Å². The standard InChI is InChI=1S/C24H21N3/c25-20-10-6-19(7-11-20)23-15-12-21(26)16-24(23)27-22-13-8-18(9-14-22)17-4-2-1-3-5-17/h1-16,27H,25-26H2. The van der Waals surface area contributed by atoms with E-state index >= 15 is 0 Å². The number of hydrogen-bond donors (Lipinski definition) is 3. The van der Waals surface area contributed by atoms with E-state index in [0.29, 0.717) is 0 Å². The molecule has 0 saturated heterocycles. The fourth-order valence-corrected chi connectivity index (χ4v) is 3.11. The Kier molecular flexibility index (Phi) is 4.50. The third-order valence-electron chi connectivity index (χ3n) is 4.54. The molecule has 0 fully saturated rings. The Morgan fingerprint density at radius 2 is 1.11 bits per heavy atom.